The van der Waals surface area contributed by atoms with Crippen LogP contribution in [-0.2, 0) is 4.84 Å². The van der Waals surface area contributed by atoms with Gasteiger partial charge in [0.1, 0.15) is 5.82 Å². The minimum atomic E-state index is 0.887. The molecule has 1 aliphatic rings. The topological polar surface area (TPSA) is 37.4 Å². The standard InChI is InChI=1S/C11H17N3O/c1-15-13-10-5-6-11(12-9-10)14-7-3-2-4-8-14/h5-6,9,13H,2-4,7-8H2,1H3. The lowest BCUT2D eigenvalue weighted by Crippen LogP contribution is -2.30. The van der Waals surface area contributed by atoms with Crippen molar-refractivity contribution in [2.75, 3.05) is 30.6 Å². The van der Waals surface area contributed by atoms with Gasteiger partial charge in [-0.25, -0.2) is 4.98 Å². The molecule has 0 spiro atoms. The summed E-state index contributed by atoms with van der Waals surface area (Å²) in [5.74, 6) is 1.07. The quantitative estimate of drug-likeness (QED) is 0.770. The number of pyridine rings is 1. The summed E-state index contributed by atoms with van der Waals surface area (Å²) in [4.78, 5) is 11.5. The summed E-state index contributed by atoms with van der Waals surface area (Å²) in [6, 6.07) is 4.02. The average molecular weight is 207 g/mol. The third kappa shape index (κ3) is 2.59. The molecule has 1 saturated heterocycles. The maximum Gasteiger partial charge on any atom is 0.128 e. The van der Waals surface area contributed by atoms with Crippen molar-refractivity contribution in [2.45, 2.75) is 19.3 Å². The number of hydrogen-bond acceptors (Lipinski definition) is 4. The van der Waals surface area contributed by atoms with E-state index in [4.69, 9.17) is 4.84 Å². The van der Waals surface area contributed by atoms with Crippen molar-refractivity contribution < 1.29 is 4.84 Å². The highest BCUT2D eigenvalue weighted by molar-refractivity contribution is 5.47. The molecule has 0 bridgehead atoms. The van der Waals surface area contributed by atoms with Crippen LogP contribution >= 0.6 is 0 Å². The molecule has 1 aliphatic heterocycles. The Labute approximate surface area is 90.2 Å². The van der Waals surface area contributed by atoms with Gasteiger partial charge in [-0.05, 0) is 31.4 Å². The fourth-order valence-corrected chi connectivity index (χ4v) is 1.87. The molecule has 1 N–H and O–H groups in total. The Bertz CT molecular complexity index is 293. The van der Waals surface area contributed by atoms with Crippen LogP contribution in [0.5, 0.6) is 0 Å². The molecule has 0 aromatic carbocycles. The molecule has 4 heteroatoms. The molecule has 0 amide bonds. The number of anilines is 2. The molecule has 2 heterocycles. The smallest absolute Gasteiger partial charge is 0.128 e. The van der Waals surface area contributed by atoms with Crippen molar-refractivity contribution in [3.05, 3.63) is 18.3 Å². The van der Waals surface area contributed by atoms with Gasteiger partial charge in [0.05, 0.1) is 19.0 Å². The molecule has 0 radical (unpaired) electrons. The second-order valence-electron chi connectivity index (χ2n) is 3.76. The first kappa shape index (κ1) is 10.2. The van der Waals surface area contributed by atoms with Crippen LogP contribution in [0.4, 0.5) is 11.5 Å². The molecule has 1 aromatic rings. The Morgan fingerprint density at radius 1 is 1.27 bits per heavy atom. The fourth-order valence-electron chi connectivity index (χ4n) is 1.87. The van der Waals surface area contributed by atoms with Crippen molar-refractivity contribution in [1.29, 1.82) is 0 Å². The highest BCUT2D eigenvalue weighted by atomic mass is 16.6. The minimum absolute atomic E-state index is 0.887. The van der Waals surface area contributed by atoms with Crippen LogP contribution in [0.25, 0.3) is 0 Å². The van der Waals surface area contributed by atoms with Gasteiger partial charge in [0, 0.05) is 13.1 Å². The molecular formula is C11H17N3O. The van der Waals surface area contributed by atoms with Crippen LogP contribution in [0.1, 0.15) is 19.3 Å². The van der Waals surface area contributed by atoms with Crippen molar-refractivity contribution in [2.24, 2.45) is 0 Å². The monoisotopic (exact) mass is 207 g/mol. The second kappa shape index (κ2) is 4.98. The summed E-state index contributed by atoms with van der Waals surface area (Å²) in [5.41, 5.74) is 3.64. The van der Waals surface area contributed by atoms with E-state index in [1.807, 2.05) is 12.1 Å². The van der Waals surface area contributed by atoms with E-state index < -0.39 is 0 Å². The number of piperidine rings is 1. The van der Waals surface area contributed by atoms with Crippen LogP contribution in [0.3, 0.4) is 0 Å². The molecular weight excluding hydrogens is 190 g/mol. The largest absolute Gasteiger partial charge is 0.357 e. The average Bonchev–Trinajstić information content (AvgIpc) is 2.32. The van der Waals surface area contributed by atoms with Crippen molar-refractivity contribution >= 4 is 11.5 Å². The van der Waals surface area contributed by atoms with E-state index in [1.54, 1.807) is 13.3 Å². The number of aromatic nitrogens is 1. The van der Waals surface area contributed by atoms with Crippen molar-refractivity contribution in [1.82, 2.24) is 4.98 Å². The van der Waals surface area contributed by atoms with Crippen LogP contribution in [-0.4, -0.2) is 25.2 Å². The summed E-state index contributed by atoms with van der Waals surface area (Å²) < 4.78 is 0. The zero-order valence-corrected chi connectivity index (χ0v) is 9.07. The Hall–Kier alpha value is -1.29. The van der Waals surface area contributed by atoms with Crippen LogP contribution in [0.15, 0.2) is 18.3 Å². The summed E-state index contributed by atoms with van der Waals surface area (Å²) in [6.07, 6.45) is 5.70. The maximum absolute atomic E-state index is 4.81. The molecule has 4 nitrogen and oxygen atoms in total. The van der Waals surface area contributed by atoms with E-state index >= 15 is 0 Å². The van der Waals surface area contributed by atoms with Gasteiger partial charge in [0.2, 0.25) is 0 Å². The Kier molecular flexibility index (Phi) is 3.40. The highest BCUT2D eigenvalue weighted by Crippen LogP contribution is 2.18. The summed E-state index contributed by atoms with van der Waals surface area (Å²) in [7, 11) is 1.60. The lowest BCUT2D eigenvalue weighted by Gasteiger charge is -2.27. The van der Waals surface area contributed by atoms with E-state index in [1.165, 1.54) is 19.3 Å². The van der Waals surface area contributed by atoms with Gasteiger partial charge in [-0.1, -0.05) is 0 Å². The first-order chi connectivity index (χ1) is 7.40. The van der Waals surface area contributed by atoms with Gasteiger partial charge >= 0.3 is 0 Å². The summed E-state index contributed by atoms with van der Waals surface area (Å²) in [5, 5.41) is 0. The predicted molar refractivity (Wildman–Crippen MR) is 60.9 cm³/mol. The lowest BCUT2D eigenvalue weighted by molar-refractivity contribution is 0.271. The first-order valence-corrected chi connectivity index (χ1v) is 5.40. The van der Waals surface area contributed by atoms with Crippen molar-refractivity contribution in [3.63, 3.8) is 0 Å². The number of nitrogens with zero attached hydrogens (tertiary/aromatic N) is 2. The van der Waals surface area contributed by atoms with Crippen LogP contribution in [0.2, 0.25) is 0 Å². The maximum atomic E-state index is 4.81. The zero-order chi connectivity index (χ0) is 10.5. The number of rotatable bonds is 3. The zero-order valence-electron chi connectivity index (χ0n) is 9.07. The predicted octanol–water partition coefficient (Wildman–Crippen LogP) is 2.05. The van der Waals surface area contributed by atoms with E-state index in [9.17, 15) is 0 Å². The molecule has 0 saturated carbocycles. The van der Waals surface area contributed by atoms with E-state index in [0.29, 0.717) is 0 Å². The van der Waals surface area contributed by atoms with Gasteiger partial charge in [0.25, 0.3) is 0 Å². The SMILES string of the molecule is CONc1ccc(N2CCCCC2)nc1. The molecule has 0 unspecified atom stereocenters. The Morgan fingerprint density at radius 3 is 2.67 bits per heavy atom. The molecule has 1 aromatic heterocycles. The third-order valence-corrected chi connectivity index (χ3v) is 2.65. The lowest BCUT2D eigenvalue weighted by atomic mass is 10.1. The molecule has 1 fully saturated rings. The number of nitrogens with one attached hydrogen (secondary N) is 1. The third-order valence-electron chi connectivity index (χ3n) is 2.65. The molecule has 2 rings (SSSR count). The Morgan fingerprint density at radius 2 is 2.07 bits per heavy atom. The molecule has 82 valence electrons. The van der Waals surface area contributed by atoms with Gasteiger partial charge in [-0.2, -0.15) is 0 Å². The van der Waals surface area contributed by atoms with E-state index in [-0.39, 0.29) is 0 Å². The highest BCUT2D eigenvalue weighted by Gasteiger charge is 2.11. The normalized spacial score (nSPS) is 16.5. The summed E-state index contributed by atoms with van der Waals surface area (Å²) >= 11 is 0. The van der Waals surface area contributed by atoms with Gasteiger partial charge in [-0.15, -0.1) is 0 Å². The molecule has 0 atom stereocenters. The van der Waals surface area contributed by atoms with E-state index in [0.717, 1.165) is 24.6 Å². The minimum Gasteiger partial charge on any atom is -0.357 e. The second-order valence-corrected chi connectivity index (χ2v) is 3.76. The van der Waals surface area contributed by atoms with E-state index in [2.05, 4.69) is 15.4 Å². The van der Waals surface area contributed by atoms with Crippen LogP contribution in [0, 0.1) is 0 Å². The Balaban J connectivity index is 2.02. The molecule has 0 aliphatic carbocycles. The molecule has 15 heavy (non-hydrogen) atoms. The fraction of sp³-hybridized carbons (Fsp3) is 0.545. The van der Waals surface area contributed by atoms with Crippen LogP contribution < -0.4 is 10.4 Å². The number of hydrogen-bond donors (Lipinski definition) is 1. The summed E-state index contributed by atoms with van der Waals surface area (Å²) in [6.45, 7) is 2.26. The van der Waals surface area contributed by atoms with Gasteiger partial charge in [0.15, 0.2) is 0 Å². The van der Waals surface area contributed by atoms with Gasteiger partial charge < -0.3 is 4.90 Å². The van der Waals surface area contributed by atoms with Gasteiger partial charge in [-0.3, -0.25) is 10.3 Å². The van der Waals surface area contributed by atoms with Crippen molar-refractivity contribution in [3.8, 4) is 0 Å². The first-order valence-electron chi connectivity index (χ1n) is 5.40.